The van der Waals surface area contributed by atoms with E-state index >= 15 is 0 Å². The number of hydrogen-bond acceptors (Lipinski definition) is 6. The van der Waals surface area contributed by atoms with E-state index in [4.69, 9.17) is 4.74 Å². The van der Waals surface area contributed by atoms with Crippen molar-refractivity contribution in [3.8, 4) is 5.75 Å². The molecule has 0 saturated carbocycles. The second kappa shape index (κ2) is 10.1. The lowest BCUT2D eigenvalue weighted by molar-refractivity contribution is -0.123. The van der Waals surface area contributed by atoms with E-state index in [1.54, 1.807) is 0 Å². The van der Waals surface area contributed by atoms with E-state index in [2.05, 4.69) is 25.9 Å². The summed E-state index contributed by atoms with van der Waals surface area (Å²) in [5.41, 5.74) is 3.01. The molecule has 0 unspecified atom stereocenters. The van der Waals surface area contributed by atoms with Gasteiger partial charge in [-0.15, -0.1) is 0 Å². The standard InChI is InChI=1S/C22H25N5O2/c1-16-8-10-18(11-9-16)26-20-14-17(2)25-22(27-20)24-13-12-23-21(28)15-29-19-6-4-3-5-7-19/h3-11,14H,12-13,15H2,1-2H3,(H,23,28)(H2,24,25,26,27). The van der Waals surface area contributed by atoms with Crippen LogP contribution >= 0.6 is 0 Å². The molecule has 0 bridgehead atoms. The van der Waals surface area contributed by atoms with Gasteiger partial charge in [0.2, 0.25) is 5.95 Å². The molecule has 0 saturated heterocycles. The molecule has 0 spiro atoms. The summed E-state index contributed by atoms with van der Waals surface area (Å²) in [6.07, 6.45) is 0. The number of benzene rings is 2. The molecule has 150 valence electrons. The number of hydrogen-bond donors (Lipinski definition) is 3. The number of nitrogens with one attached hydrogen (secondary N) is 3. The van der Waals surface area contributed by atoms with Gasteiger partial charge in [-0.1, -0.05) is 35.9 Å². The van der Waals surface area contributed by atoms with Gasteiger partial charge in [-0.3, -0.25) is 4.79 Å². The van der Waals surface area contributed by atoms with Gasteiger partial charge < -0.3 is 20.7 Å². The minimum absolute atomic E-state index is 0.0183. The van der Waals surface area contributed by atoms with Crippen LogP contribution in [0.4, 0.5) is 17.5 Å². The van der Waals surface area contributed by atoms with Gasteiger partial charge in [-0.2, -0.15) is 4.98 Å². The maximum atomic E-state index is 11.9. The molecule has 0 aliphatic rings. The summed E-state index contributed by atoms with van der Waals surface area (Å²) in [5, 5.41) is 9.21. The molecule has 29 heavy (non-hydrogen) atoms. The van der Waals surface area contributed by atoms with E-state index in [9.17, 15) is 4.79 Å². The lowest BCUT2D eigenvalue weighted by atomic mass is 10.2. The lowest BCUT2D eigenvalue weighted by Gasteiger charge is -2.11. The van der Waals surface area contributed by atoms with Crippen molar-refractivity contribution in [1.29, 1.82) is 0 Å². The summed E-state index contributed by atoms with van der Waals surface area (Å²) < 4.78 is 5.41. The Bertz CT molecular complexity index is 930. The lowest BCUT2D eigenvalue weighted by Crippen LogP contribution is -2.32. The zero-order chi connectivity index (χ0) is 20.5. The predicted octanol–water partition coefficient (Wildman–Crippen LogP) is 3.44. The molecule has 1 amide bonds. The molecule has 1 heterocycles. The van der Waals surface area contributed by atoms with E-state index in [0.717, 1.165) is 11.4 Å². The van der Waals surface area contributed by atoms with E-state index in [1.165, 1.54) is 5.56 Å². The molecule has 7 nitrogen and oxygen atoms in total. The van der Waals surface area contributed by atoms with Crippen molar-refractivity contribution in [3.05, 3.63) is 71.9 Å². The van der Waals surface area contributed by atoms with Gasteiger partial charge in [0.05, 0.1) is 0 Å². The van der Waals surface area contributed by atoms with Crippen molar-refractivity contribution in [2.24, 2.45) is 0 Å². The van der Waals surface area contributed by atoms with Crippen molar-refractivity contribution in [3.63, 3.8) is 0 Å². The number of amides is 1. The molecule has 0 atom stereocenters. The SMILES string of the molecule is Cc1ccc(Nc2cc(C)nc(NCCNC(=O)COc3ccccc3)n2)cc1. The quantitative estimate of drug-likeness (QED) is 0.484. The average molecular weight is 391 g/mol. The zero-order valence-electron chi connectivity index (χ0n) is 16.6. The first-order valence-corrected chi connectivity index (χ1v) is 9.46. The van der Waals surface area contributed by atoms with Crippen molar-refractivity contribution < 1.29 is 9.53 Å². The third kappa shape index (κ3) is 6.80. The van der Waals surface area contributed by atoms with Gasteiger partial charge in [0.25, 0.3) is 5.91 Å². The molecule has 2 aromatic carbocycles. The molecule has 7 heteroatoms. The third-order valence-corrected chi connectivity index (χ3v) is 4.02. The smallest absolute Gasteiger partial charge is 0.258 e. The Morgan fingerprint density at radius 2 is 1.72 bits per heavy atom. The van der Waals surface area contributed by atoms with Crippen LogP contribution in [0.15, 0.2) is 60.7 Å². The Hall–Kier alpha value is -3.61. The Kier molecular flexibility index (Phi) is 7.00. The van der Waals surface area contributed by atoms with Crippen molar-refractivity contribution in [1.82, 2.24) is 15.3 Å². The number of nitrogens with zero attached hydrogens (tertiary/aromatic N) is 2. The second-order valence-electron chi connectivity index (χ2n) is 6.59. The number of aromatic nitrogens is 2. The number of aryl methyl sites for hydroxylation is 2. The highest BCUT2D eigenvalue weighted by atomic mass is 16.5. The highest BCUT2D eigenvalue weighted by molar-refractivity contribution is 5.77. The van der Waals surface area contributed by atoms with Crippen LogP contribution in [0.5, 0.6) is 5.75 Å². The maximum absolute atomic E-state index is 11.9. The van der Waals surface area contributed by atoms with Crippen molar-refractivity contribution >= 4 is 23.4 Å². The summed E-state index contributed by atoms with van der Waals surface area (Å²) in [4.78, 5) is 20.7. The van der Waals surface area contributed by atoms with Gasteiger partial charge in [0, 0.05) is 30.5 Å². The topological polar surface area (TPSA) is 88.2 Å². The van der Waals surface area contributed by atoms with Crippen molar-refractivity contribution in [2.45, 2.75) is 13.8 Å². The molecule has 0 aliphatic carbocycles. The summed E-state index contributed by atoms with van der Waals surface area (Å²) >= 11 is 0. The molecular weight excluding hydrogens is 366 g/mol. The van der Waals surface area contributed by atoms with Gasteiger partial charge in [-0.25, -0.2) is 4.98 Å². The first-order valence-electron chi connectivity index (χ1n) is 9.46. The molecule has 0 aliphatic heterocycles. The Balaban J connectivity index is 1.43. The van der Waals surface area contributed by atoms with E-state index in [-0.39, 0.29) is 12.5 Å². The normalized spacial score (nSPS) is 10.3. The van der Waals surface area contributed by atoms with E-state index in [1.807, 2.05) is 74.5 Å². The Morgan fingerprint density at radius 3 is 2.48 bits per heavy atom. The van der Waals surface area contributed by atoms with Crippen LogP contribution in [-0.2, 0) is 4.79 Å². The van der Waals surface area contributed by atoms with Crippen molar-refractivity contribution in [2.75, 3.05) is 30.3 Å². The first kappa shape index (κ1) is 20.1. The molecule has 3 aromatic rings. The summed E-state index contributed by atoms with van der Waals surface area (Å²) in [6, 6.07) is 19.2. The fourth-order valence-corrected chi connectivity index (χ4v) is 2.59. The predicted molar refractivity (Wildman–Crippen MR) is 115 cm³/mol. The second-order valence-corrected chi connectivity index (χ2v) is 6.59. The number of anilines is 3. The minimum atomic E-state index is -0.178. The number of carbonyl (C=O) groups excluding carboxylic acids is 1. The molecule has 0 fully saturated rings. The fourth-order valence-electron chi connectivity index (χ4n) is 2.59. The van der Waals surface area contributed by atoms with Gasteiger partial charge >= 0.3 is 0 Å². The van der Waals surface area contributed by atoms with Crippen LogP contribution < -0.4 is 20.7 Å². The molecule has 3 rings (SSSR count). The summed E-state index contributed by atoms with van der Waals surface area (Å²) in [6.45, 7) is 4.89. The number of ether oxygens (including phenoxy) is 1. The fraction of sp³-hybridized carbons (Fsp3) is 0.227. The minimum Gasteiger partial charge on any atom is -0.484 e. The van der Waals surface area contributed by atoms with Crippen LogP contribution in [0.1, 0.15) is 11.3 Å². The van der Waals surface area contributed by atoms with Crippen LogP contribution in [0.3, 0.4) is 0 Å². The number of para-hydroxylation sites is 1. The third-order valence-electron chi connectivity index (χ3n) is 4.02. The maximum Gasteiger partial charge on any atom is 0.258 e. The van der Waals surface area contributed by atoms with Crippen LogP contribution in [0.2, 0.25) is 0 Å². The highest BCUT2D eigenvalue weighted by Gasteiger charge is 2.05. The number of carbonyl (C=O) groups is 1. The van der Waals surface area contributed by atoms with E-state index < -0.39 is 0 Å². The largest absolute Gasteiger partial charge is 0.484 e. The van der Waals surface area contributed by atoms with Gasteiger partial charge in [0.15, 0.2) is 6.61 Å². The van der Waals surface area contributed by atoms with Gasteiger partial charge in [0.1, 0.15) is 11.6 Å². The summed E-state index contributed by atoms with van der Waals surface area (Å²) in [5.74, 6) is 1.71. The summed E-state index contributed by atoms with van der Waals surface area (Å²) in [7, 11) is 0. The number of rotatable bonds is 9. The van der Waals surface area contributed by atoms with E-state index in [0.29, 0.717) is 30.6 Å². The zero-order valence-corrected chi connectivity index (χ0v) is 16.6. The van der Waals surface area contributed by atoms with Gasteiger partial charge in [-0.05, 0) is 38.1 Å². The average Bonchev–Trinajstić information content (AvgIpc) is 2.72. The highest BCUT2D eigenvalue weighted by Crippen LogP contribution is 2.17. The Morgan fingerprint density at radius 1 is 0.966 bits per heavy atom. The monoisotopic (exact) mass is 391 g/mol. The Labute approximate surface area is 170 Å². The van der Waals surface area contributed by atoms with Crippen LogP contribution in [0.25, 0.3) is 0 Å². The molecule has 0 radical (unpaired) electrons. The molecule has 1 aromatic heterocycles. The first-order chi connectivity index (χ1) is 14.1. The van der Waals surface area contributed by atoms with Crippen LogP contribution in [0, 0.1) is 13.8 Å². The molecule has 3 N–H and O–H groups in total. The molecular formula is C22H25N5O2. The van der Waals surface area contributed by atoms with Crippen LogP contribution in [-0.4, -0.2) is 35.6 Å².